The zero-order chi connectivity index (χ0) is 24.6. The zero-order valence-electron chi connectivity index (χ0n) is 19.3. The molecular formula is C26H27F3N2O2S. The van der Waals surface area contributed by atoms with Crippen LogP contribution >= 0.6 is 11.8 Å². The van der Waals surface area contributed by atoms with Crippen molar-refractivity contribution >= 4 is 35.3 Å². The quantitative estimate of drug-likeness (QED) is 0.511. The van der Waals surface area contributed by atoms with Crippen molar-refractivity contribution in [2.75, 3.05) is 11.9 Å². The number of thioether (sulfide) groups is 1. The predicted molar refractivity (Wildman–Crippen MR) is 129 cm³/mol. The number of amides is 2. The van der Waals surface area contributed by atoms with E-state index in [-0.39, 0.29) is 17.9 Å². The van der Waals surface area contributed by atoms with Gasteiger partial charge in [-0.25, -0.2) is 0 Å². The first kappa shape index (κ1) is 24.4. The second-order valence-corrected chi connectivity index (χ2v) is 10.2. The highest BCUT2D eigenvalue weighted by Crippen LogP contribution is 2.42. The average molecular weight is 489 g/mol. The third kappa shape index (κ3) is 5.02. The number of alkyl halides is 3. The van der Waals surface area contributed by atoms with E-state index in [1.54, 1.807) is 25.3 Å². The number of fused-ring (bicyclic) bond motifs is 1. The van der Waals surface area contributed by atoms with Gasteiger partial charge in [0.15, 0.2) is 0 Å². The van der Waals surface area contributed by atoms with Crippen LogP contribution < -0.4 is 10.2 Å². The number of hydrogen-bond donors (Lipinski definition) is 1. The van der Waals surface area contributed by atoms with Crippen LogP contribution in [0, 0.1) is 11.8 Å². The van der Waals surface area contributed by atoms with Crippen LogP contribution in [0.2, 0.25) is 0 Å². The van der Waals surface area contributed by atoms with Crippen LogP contribution in [0.25, 0.3) is 6.08 Å². The first-order valence-electron chi connectivity index (χ1n) is 11.3. The molecular weight excluding hydrogens is 461 g/mol. The largest absolute Gasteiger partial charge is 0.416 e. The monoisotopic (exact) mass is 488 g/mol. The number of benzene rings is 2. The van der Waals surface area contributed by atoms with Crippen molar-refractivity contribution < 1.29 is 22.8 Å². The molecule has 1 heterocycles. The fourth-order valence-corrected chi connectivity index (χ4v) is 5.58. The number of nitrogens with one attached hydrogen (secondary N) is 1. The number of hydrogen-bond acceptors (Lipinski definition) is 3. The van der Waals surface area contributed by atoms with Crippen molar-refractivity contribution in [1.82, 2.24) is 5.32 Å². The van der Waals surface area contributed by atoms with Gasteiger partial charge in [0, 0.05) is 23.5 Å². The maximum Gasteiger partial charge on any atom is 0.416 e. The van der Waals surface area contributed by atoms with E-state index in [4.69, 9.17) is 0 Å². The van der Waals surface area contributed by atoms with E-state index >= 15 is 0 Å². The predicted octanol–water partition coefficient (Wildman–Crippen LogP) is 6.37. The molecule has 1 aliphatic heterocycles. The number of carbonyl (C=O) groups is 2. The van der Waals surface area contributed by atoms with Crippen molar-refractivity contribution in [1.29, 1.82) is 0 Å². The second-order valence-electron chi connectivity index (χ2n) is 9.12. The topological polar surface area (TPSA) is 49.4 Å². The third-order valence-corrected chi connectivity index (χ3v) is 7.95. The summed E-state index contributed by atoms with van der Waals surface area (Å²) in [6.07, 6.45) is 0.423. The Balaban J connectivity index is 1.53. The standard InChI is InChI=1S/C26H27F3N2O2S/c1-15-5-4-6-20(16(15)2)30-24(32)18-9-12-22-21(14-18)31(3)25(33)23(34-22)13-17-7-10-19(11-8-17)26(27,28)29/h7-16,20H,4-6H2,1-3H3,(H,30,32)/b23-13-/t15-,16+,20-/m1/s1. The van der Waals surface area contributed by atoms with Gasteiger partial charge < -0.3 is 10.2 Å². The number of halogens is 3. The fourth-order valence-electron chi connectivity index (χ4n) is 4.49. The molecule has 4 nitrogen and oxygen atoms in total. The third-order valence-electron chi connectivity index (χ3n) is 6.88. The summed E-state index contributed by atoms with van der Waals surface area (Å²) in [6.45, 7) is 4.39. The van der Waals surface area contributed by atoms with E-state index in [9.17, 15) is 22.8 Å². The molecule has 1 saturated carbocycles. The molecule has 180 valence electrons. The van der Waals surface area contributed by atoms with Gasteiger partial charge in [-0.05, 0) is 60.2 Å². The van der Waals surface area contributed by atoms with E-state index in [0.29, 0.717) is 33.6 Å². The normalized spacial score (nSPS) is 24.2. The van der Waals surface area contributed by atoms with Crippen LogP contribution in [0.3, 0.4) is 0 Å². The Hall–Kier alpha value is -2.74. The van der Waals surface area contributed by atoms with Gasteiger partial charge in [-0.3, -0.25) is 9.59 Å². The summed E-state index contributed by atoms with van der Waals surface area (Å²) >= 11 is 1.25. The van der Waals surface area contributed by atoms with Crippen LogP contribution in [0.15, 0.2) is 52.3 Å². The number of likely N-dealkylation sites (N-methyl/N-ethyl adjacent to an activating group) is 1. The van der Waals surface area contributed by atoms with Crippen LogP contribution in [0.4, 0.5) is 18.9 Å². The first-order chi connectivity index (χ1) is 16.0. The molecule has 34 heavy (non-hydrogen) atoms. The molecule has 1 fully saturated rings. The number of carbonyl (C=O) groups excluding carboxylic acids is 2. The van der Waals surface area contributed by atoms with Crippen LogP contribution in [-0.2, 0) is 11.0 Å². The molecule has 0 saturated heterocycles. The van der Waals surface area contributed by atoms with E-state index in [1.807, 2.05) is 6.07 Å². The molecule has 0 unspecified atom stereocenters. The fraction of sp³-hybridized carbons (Fsp3) is 0.385. The Morgan fingerprint density at radius 3 is 2.50 bits per heavy atom. The molecule has 0 radical (unpaired) electrons. The maximum atomic E-state index is 13.0. The number of nitrogens with zero attached hydrogens (tertiary/aromatic N) is 1. The molecule has 4 rings (SSSR count). The van der Waals surface area contributed by atoms with Crippen molar-refractivity contribution in [2.45, 2.75) is 50.2 Å². The summed E-state index contributed by atoms with van der Waals surface area (Å²) in [5, 5.41) is 3.16. The minimum Gasteiger partial charge on any atom is -0.349 e. The van der Waals surface area contributed by atoms with Gasteiger partial charge in [-0.15, -0.1) is 0 Å². The molecule has 2 aromatic carbocycles. The van der Waals surface area contributed by atoms with Gasteiger partial charge in [0.05, 0.1) is 16.2 Å². The molecule has 2 aromatic rings. The highest BCUT2D eigenvalue weighted by Gasteiger charge is 2.31. The lowest BCUT2D eigenvalue weighted by Gasteiger charge is -2.34. The Morgan fingerprint density at radius 2 is 1.82 bits per heavy atom. The van der Waals surface area contributed by atoms with Crippen molar-refractivity contribution in [3.8, 4) is 0 Å². The molecule has 0 aromatic heterocycles. The Labute approximate surface area is 201 Å². The summed E-state index contributed by atoms with van der Waals surface area (Å²) in [6, 6.07) is 10.1. The van der Waals surface area contributed by atoms with Gasteiger partial charge in [-0.1, -0.05) is 50.6 Å². The van der Waals surface area contributed by atoms with E-state index in [2.05, 4.69) is 19.2 Å². The van der Waals surface area contributed by atoms with E-state index in [0.717, 1.165) is 29.9 Å². The van der Waals surface area contributed by atoms with E-state index < -0.39 is 11.7 Å². The summed E-state index contributed by atoms with van der Waals surface area (Å²) < 4.78 is 38.4. The molecule has 8 heteroatoms. The lowest BCUT2D eigenvalue weighted by atomic mass is 9.78. The minimum absolute atomic E-state index is 0.138. The smallest absolute Gasteiger partial charge is 0.349 e. The van der Waals surface area contributed by atoms with Gasteiger partial charge in [0.1, 0.15) is 0 Å². The molecule has 0 bridgehead atoms. The van der Waals surface area contributed by atoms with Crippen molar-refractivity contribution in [2.24, 2.45) is 11.8 Å². The average Bonchev–Trinajstić information content (AvgIpc) is 2.80. The lowest BCUT2D eigenvalue weighted by molar-refractivity contribution is -0.137. The molecule has 2 aliphatic rings. The number of rotatable bonds is 3. The number of anilines is 1. The maximum absolute atomic E-state index is 13.0. The molecule has 0 spiro atoms. The van der Waals surface area contributed by atoms with Gasteiger partial charge in [-0.2, -0.15) is 13.2 Å². The van der Waals surface area contributed by atoms with Gasteiger partial charge >= 0.3 is 6.18 Å². The summed E-state index contributed by atoms with van der Waals surface area (Å²) in [7, 11) is 1.63. The first-order valence-corrected chi connectivity index (χ1v) is 12.2. The second kappa shape index (κ2) is 9.49. The zero-order valence-corrected chi connectivity index (χ0v) is 20.1. The van der Waals surface area contributed by atoms with Gasteiger partial charge in [0.25, 0.3) is 11.8 Å². The molecule has 1 N–H and O–H groups in total. The lowest BCUT2D eigenvalue weighted by Crippen LogP contribution is -2.43. The Bertz CT molecular complexity index is 1130. The highest BCUT2D eigenvalue weighted by atomic mass is 32.2. The summed E-state index contributed by atoms with van der Waals surface area (Å²) in [5.41, 5.74) is 0.909. The minimum atomic E-state index is -4.41. The highest BCUT2D eigenvalue weighted by molar-refractivity contribution is 8.04. The summed E-state index contributed by atoms with van der Waals surface area (Å²) in [4.78, 5) is 28.6. The molecule has 1 aliphatic carbocycles. The summed E-state index contributed by atoms with van der Waals surface area (Å²) in [5.74, 6) is 0.556. The van der Waals surface area contributed by atoms with Crippen LogP contribution in [0.5, 0.6) is 0 Å². The SMILES string of the molecule is C[C@H]1[C@H](C)CCC[C@H]1NC(=O)c1ccc2c(c1)N(C)C(=O)/C(=C/c1ccc(C(F)(F)F)cc1)S2. The molecule has 3 atom stereocenters. The van der Waals surface area contributed by atoms with Crippen molar-refractivity contribution in [3.63, 3.8) is 0 Å². The van der Waals surface area contributed by atoms with Crippen LogP contribution in [-0.4, -0.2) is 24.9 Å². The molecule has 2 amide bonds. The van der Waals surface area contributed by atoms with Crippen LogP contribution in [0.1, 0.15) is 54.6 Å². The van der Waals surface area contributed by atoms with Gasteiger partial charge in [0.2, 0.25) is 0 Å². The Kier molecular flexibility index (Phi) is 6.80. The Morgan fingerprint density at radius 1 is 1.12 bits per heavy atom. The van der Waals surface area contributed by atoms with Crippen molar-refractivity contribution in [3.05, 3.63) is 64.1 Å². The van der Waals surface area contributed by atoms with E-state index in [1.165, 1.54) is 35.2 Å².